The highest BCUT2D eigenvalue weighted by atomic mass is 32.3. The summed E-state index contributed by atoms with van der Waals surface area (Å²) in [5.41, 5.74) is 0. The van der Waals surface area contributed by atoms with Crippen LogP contribution in [0, 0.1) is 11.3 Å². The number of hydrogen-bond acceptors (Lipinski definition) is 5. The maximum atomic E-state index is 10.2. The third-order valence-electron chi connectivity index (χ3n) is 1.90. The van der Waals surface area contributed by atoms with E-state index in [1.807, 2.05) is 0 Å². The molecule has 94 valence electrons. The summed E-state index contributed by atoms with van der Waals surface area (Å²) in [6, 6.07) is 2.10. The van der Waals surface area contributed by atoms with Crippen molar-refractivity contribution < 1.29 is 16.6 Å². The largest absolute Gasteiger partial charge is 0.408 e. The van der Waals surface area contributed by atoms with Crippen LogP contribution in [0.4, 0.5) is 0 Å². The Balaban J connectivity index is 3.08. The van der Waals surface area contributed by atoms with Crippen molar-refractivity contribution in [3.63, 3.8) is 0 Å². The van der Waals surface area contributed by atoms with E-state index in [2.05, 4.69) is 9.70 Å². The minimum Gasteiger partial charge on any atom is -0.263 e. The van der Waals surface area contributed by atoms with E-state index in [0.29, 0.717) is 12.2 Å². The average molecular weight is 267 g/mol. The molecule has 0 aromatic rings. The molecule has 0 amide bonds. The molecule has 0 aliphatic carbocycles. The van der Waals surface area contributed by atoms with Gasteiger partial charge in [-0.25, -0.2) is 0 Å². The Hall–Kier alpha value is -0.290. The molecule has 5 nitrogen and oxygen atoms in total. The number of nitriles is 1. The predicted molar refractivity (Wildman–Crippen MR) is 63.0 cm³/mol. The summed E-state index contributed by atoms with van der Waals surface area (Å²) in [5.74, 6) is 0.554. The molecule has 0 unspecified atom stereocenters. The molecule has 7 heteroatoms. The summed E-state index contributed by atoms with van der Waals surface area (Å²) in [5, 5.41) is 8.30. The Kier molecular flexibility index (Phi) is 9.72. The van der Waals surface area contributed by atoms with Crippen LogP contribution in [0.3, 0.4) is 0 Å². The molecule has 1 N–H and O–H groups in total. The number of rotatable bonds is 10. The first-order valence-electron chi connectivity index (χ1n) is 5.22. The fourth-order valence-electron chi connectivity index (χ4n) is 1.17. The predicted octanol–water partition coefficient (Wildman–Crippen LogP) is 2.71. The Bertz CT molecular complexity index is 297. The molecule has 0 saturated carbocycles. The summed E-state index contributed by atoms with van der Waals surface area (Å²) >= 11 is 0.751. The molecule has 0 rings (SSSR count). The van der Waals surface area contributed by atoms with Crippen LogP contribution in [0.25, 0.3) is 0 Å². The third-order valence-corrected chi connectivity index (χ3v) is 3.43. The van der Waals surface area contributed by atoms with Gasteiger partial charge in [0.25, 0.3) is 0 Å². The maximum absolute atomic E-state index is 10.2. The van der Waals surface area contributed by atoms with Crippen LogP contribution >= 0.6 is 12.0 Å². The molecule has 0 heterocycles. The zero-order valence-electron chi connectivity index (χ0n) is 9.09. The van der Waals surface area contributed by atoms with E-state index in [1.54, 1.807) is 0 Å². The van der Waals surface area contributed by atoms with E-state index in [9.17, 15) is 8.42 Å². The number of hydrogen-bond donors (Lipinski definition) is 1. The Morgan fingerprint density at radius 1 is 1.12 bits per heavy atom. The summed E-state index contributed by atoms with van der Waals surface area (Å²) in [4.78, 5) is 0. The Morgan fingerprint density at radius 2 is 1.69 bits per heavy atom. The molecule has 0 fully saturated rings. The standard InChI is InChI=1S/C9H17NO4S2/c10-8-6-4-2-1-3-5-7-9-15-14-16(11,12)13/h1-7,9H2,(H,11,12,13). The first kappa shape index (κ1) is 15.7. The SMILES string of the molecule is N#CCCCCCCCCSOS(=O)(=O)O. The van der Waals surface area contributed by atoms with Gasteiger partial charge in [-0.3, -0.25) is 4.55 Å². The van der Waals surface area contributed by atoms with Crippen LogP contribution in [0.2, 0.25) is 0 Å². The van der Waals surface area contributed by atoms with Gasteiger partial charge in [-0.2, -0.15) is 17.3 Å². The highest BCUT2D eigenvalue weighted by Gasteiger charge is 2.03. The van der Waals surface area contributed by atoms with E-state index in [4.69, 9.17) is 9.81 Å². The van der Waals surface area contributed by atoms with E-state index in [0.717, 1.165) is 50.6 Å². The van der Waals surface area contributed by atoms with Gasteiger partial charge in [0.05, 0.1) is 6.07 Å². The molecule has 0 atom stereocenters. The van der Waals surface area contributed by atoms with Gasteiger partial charge in [0.1, 0.15) is 0 Å². The van der Waals surface area contributed by atoms with Crippen molar-refractivity contribution in [3.05, 3.63) is 0 Å². The van der Waals surface area contributed by atoms with Gasteiger partial charge in [-0.15, -0.1) is 0 Å². The lowest BCUT2D eigenvalue weighted by molar-refractivity contribution is 0.407. The lowest BCUT2D eigenvalue weighted by Crippen LogP contribution is -1.97. The first-order chi connectivity index (χ1) is 7.56. The van der Waals surface area contributed by atoms with Crippen molar-refractivity contribution in [2.75, 3.05) is 5.75 Å². The molecular formula is C9H17NO4S2. The Labute approximate surface area is 101 Å². The van der Waals surface area contributed by atoms with Gasteiger partial charge in [0.2, 0.25) is 0 Å². The van der Waals surface area contributed by atoms with Crippen molar-refractivity contribution in [2.45, 2.75) is 44.9 Å². The normalized spacial score (nSPS) is 11.2. The second-order valence-corrected chi connectivity index (χ2v) is 5.39. The van der Waals surface area contributed by atoms with Gasteiger partial charge >= 0.3 is 10.4 Å². The lowest BCUT2D eigenvalue weighted by Gasteiger charge is -2.00. The van der Waals surface area contributed by atoms with Crippen LogP contribution in [0.15, 0.2) is 0 Å². The molecule has 0 aliphatic heterocycles. The van der Waals surface area contributed by atoms with Crippen LogP contribution in [0.1, 0.15) is 44.9 Å². The molecule has 0 saturated heterocycles. The summed E-state index contributed by atoms with van der Waals surface area (Å²) < 4.78 is 32.6. The van der Waals surface area contributed by atoms with Crippen molar-refractivity contribution in [1.82, 2.24) is 0 Å². The first-order valence-corrected chi connectivity index (χ1v) is 7.49. The molecule has 0 aromatic carbocycles. The van der Waals surface area contributed by atoms with Crippen molar-refractivity contribution >= 4 is 22.4 Å². The fourth-order valence-corrected chi connectivity index (χ4v) is 2.25. The molecule has 0 aromatic heterocycles. The number of nitrogens with zero attached hydrogens (tertiary/aromatic N) is 1. The molecular weight excluding hydrogens is 250 g/mol. The van der Waals surface area contributed by atoms with Crippen LogP contribution < -0.4 is 0 Å². The van der Waals surface area contributed by atoms with E-state index in [1.165, 1.54) is 0 Å². The monoisotopic (exact) mass is 267 g/mol. The minimum atomic E-state index is -4.30. The lowest BCUT2D eigenvalue weighted by atomic mass is 10.1. The molecule has 0 bridgehead atoms. The summed E-state index contributed by atoms with van der Waals surface area (Å²) in [6.45, 7) is 0. The van der Waals surface area contributed by atoms with Crippen molar-refractivity contribution in [3.8, 4) is 6.07 Å². The Morgan fingerprint density at radius 3 is 2.25 bits per heavy atom. The summed E-state index contributed by atoms with van der Waals surface area (Å²) in [6.07, 6.45) is 6.70. The molecule has 16 heavy (non-hydrogen) atoms. The second-order valence-electron chi connectivity index (χ2n) is 3.35. The second kappa shape index (κ2) is 9.90. The minimum absolute atomic E-state index is 0.554. The van der Waals surface area contributed by atoms with Gasteiger partial charge in [-0.05, 0) is 12.8 Å². The molecule has 0 radical (unpaired) electrons. The zero-order valence-corrected chi connectivity index (χ0v) is 10.7. The van der Waals surface area contributed by atoms with Crippen molar-refractivity contribution in [2.24, 2.45) is 0 Å². The summed E-state index contributed by atoms with van der Waals surface area (Å²) in [7, 11) is -4.30. The van der Waals surface area contributed by atoms with Crippen LogP contribution in [-0.2, 0) is 14.0 Å². The van der Waals surface area contributed by atoms with Crippen LogP contribution in [0.5, 0.6) is 0 Å². The smallest absolute Gasteiger partial charge is 0.263 e. The van der Waals surface area contributed by atoms with E-state index < -0.39 is 10.4 Å². The molecule has 0 aliphatic rings. The average Bonchev–Trinajstić information content (AvgIpc) is 2.19. The highest BCUT2D eigenvalue weighted by molar-refractivity contribution is 8.02. The quantitative estimate of drug-likeness (QED) is 0.372. The van der Waals surface area contributed by atoms with Gasteiger partial charge in [0.15, 0.2) is 0 Å². The van der Waals surface area contributed by atoms with Gasteiger partial charge < -0.3 is 0 Å². The van der Waals surface area contributed by atoms with Crippen molar-refractivity contribution in [1.29, 1.82) is 5.26 Å². The topological polar surface area (TPSA) is 87.4 Å². The molecule has 0 spiro atoms. The van der Waals surface area contributed by atoms with E-state index in [-0.39, 0.29) is 0 Å². The zero-order chi connectivity index (χ0) is 12.3. The fraction of sp³-hybridized carbons (Fsp3) is 0.889. The van der Waals surface area contributed by atoms with Crippen LogP contribution in [-0.4, -0.2) is 18.7 Å². The van der Waals surface area contributed by atoms with E-state index >= 15 is 0 Å². The maximum Gasteiger partial charge on any atom is 0.408 e. The number of unbranched alkanes of at least 4 members (excludes halogenated alkanes) is 6. The highest BCUT2D eigenvalue weighted by Crippen LogP contribution is 2.12. The van der Waals surface area contributed by atoms with Gasteiger partial charge in [0, 0.05) is 24.2 Å². The third kappa shape index (κ3) is 13.7. The van der Waals surface area contributed by atoms with Gasteiger partial charge in [-0.1, -0.05) is 25.7 Å².